The van der Waals surface area contributed by atoms with Gasteiger partial charge in [0, 0.05) is 24.9 Å². The molecule has 2 aromatic carbocycles. The first-order valence-corrected chi connectivity index (χ1v) is 6.58. The predicted molar refractivity (Wildman–Crippen MR) is 83.7 cm³/mol. The standard InChI is InChI=1S/C15H13N3O5/c1-10-3-5-12(6-4-10)16(2)15(19)11-7-13(17(20)21)9-14(8-11)18(22)23/h3-9H,1-2H3. The Morgan fingerprint density at radius 2 is 1.43 bits per heavy atom. The summed E-state index contributed by atoms with van der Waals surface area (Å²) in [5, 5.41) is 21.8. The second kappa shape index (κ2) is 6.22. The van der Waals surface area contributed by atoms with Gasteiger partial charge in [-0.3, -0.25) is 25.0 Å². The van der Waals surface area contributed by atoms with E-state index in [0.717, 1.165) is 23.8 Å². The molecule has 1 amide bonds. The Labute approximate surface area is 131 Å². The van der Waals surface area contributed by atoms with Crippen molar-refractivity contribution in [2.24, 2.45) is 0 Å². The van der Waals surface area contributed by atoms with E-state index in [1.807, 2.05) is 19.1 Å². The highest BCUT2D eigenvalue weighted by Crippen LogP contribution is 2.25. The molecule has 0 aliphatic carbocycles. The van der Waals surface area contributed by atoms with Crippen LogP contribution in [0.1, 0.15) is 15.9 Å². The third-order valence-electron chi connectivity index (χ3n) is 3.30. The van der Waals surface area contributed by atoms with E-state index in [9.17, 15) is 25.0 Å². The molecule has 0 aliphatic heterocycles. The summed E-state index contributed by atoms with van der Waals surface area (Å²) in [6.07, 6.45) is 0. The molecule has 118 valence electrons. The number of nitro groups is 2. The maximum Gasteiger partial charge on any atom is 0.277 e. The van der Waals surface area contributed by atoms with Crippen LogP contribution in [0, 0.1) is 27.2 Å². The molecule has 2 aromatic rings. The van der Waals surface area contributed by atoms with Gasteiger partial charge >= 0.3 is 0 Å². The Hall–Kier alpha value is -3.29. The third kappa shape index (κ3) is 3.49. The van der Waals surface area contributed by atoms with E-state index in [1.54, 1.807) is 12.1 Å². The van der Waals surface area contributed by atoms with Gasteiger partial charge in [0.1, 0.15) is 0 Å². The molecule has 0 atom stereocenters. The van der Waals surface area contributed by atoms with Crippen LogP contribution < -0.4 is 4.90 Å². The molecule has 23 heavy (non-hydrogen) atoms. The minimum atomic E-state index is -0.768. The number of hydrogen-bond donors (Lipinski definition) is 0. The van der Waals surface area contributed by atoms with E-state index in [2.05, 4.69) is 0 Å². The lowest BCUT2D eigenvalue weighted by molar-refractivity contribution is -0.394. The normalized spacial score (nSPS) is 10.2. The zero-order chi connectivity index (χ0) is 17.1. The van der Waals surface area contributed by atoms with Crippen LogP contribution in [0.25, 0.3) is 0 Å². The molecule has 2 rings (SSSR count). The van der Waals surface area contributed by atoms with Gasteiger partial charge in [-0.1, -0.05) is 17.7 Å². The van der Waals surface area contributed by atoms with Crippen molar-refractivity contribution in [3.05, 3.63) is 73.8 Å². The molecule has 0 aliphatic rings. The van der Waals surface area contributed by atoms with E-state index >= 15 is 0 Å². The molecule has 0 saturated heterocycles. The van der Waals surface area contributed by atoms with Crippen LogP contribution in [0.4, 0.5) is 17.1 Å². The Kier molecular flexibility index (Phi) is 4.35. The number of carbonyl (C=O) groups excluding carboxylic acids is 1. The van der Waals surface area contributed by atoms with Crippen LogP contribution in [-0.2, 0) is 0 Å². The lowest BCUT2D eigenvalue weighted by Crippen LogP contribution is -2.26. The number of amides is 1. The van der Waals surface area contributed by atoms with E-state index in [1.165, 1.54) is 11.9 Å². The average molecular weight is 315 g/mol. The molecule has 0 heterocycles. The number of benzene rings is 2. The fourth-order valence-corrected chi connectivity index (χ4v) is 2.01. The van der Waals surface area contributed by atoms with Gasteiger partial charge in [0.05, 0.1) is 21.5 Å². The summed E-state index contributed by atoms with van der Waals surface area (Å²) in [5.41, 5.74) is 0.476. The Morgan fingerprint density at radius 1 is 0.957 bits per heavy atom. The van der Waals surface area contributed by atoms with Gasteiger partial charge in [0.2, 0.25) is 0 Å². The summed E-state index contributed by atoms with van der Waals surface area (Å²) in [5.74, 6) is -0.569. The molecular formula is C15H13N3O5. The summed E-state index contributed by atoms with van der Waals surface area (Å²) in [7, 11) is 1.50. The van der Waals surface area contributed by atoms with Gasteiger partial charge < -0.3 is 4.90 Å². The first-order valence-electron chi connectivity index (χ1n) is 6.58. The Bertz CT molecular complexity index is 754. The van der Waals surface area contributed by atoms with Gasteiger partial charge in [0.25, 0.3) is 17.3 Å². The molecule has 0 fully saturated rings. The van der Waals surface area contributed by atoms with Gasteiger partial charge in [0.15, 0.2) is 0 Å². The minimum absolute atomic E-state index is 0.117. The summed E-state index contributed by atoms with van der Waals surface area (Å²) >= 11 is 0. The zero-order valence-corrected chi connectivity index (χ0v) is 12.4. The highest BCUT2D eigenvalue weighted by molar-refractivity contribution is 6.06. The van der Waals surface area contributed by atoms with Crippen molar-refractivity contribution in [2.45, 2.75) is 6.92 Å². The molecule has 0 aromatic heterocycles. The lowest BCUT2D eigenvalue weighted by atomic mass is 10.1. The fraction of sp³-hybridized carbons (Fsp3) is 0.133. The monoisotopic (exact) mass is 315 g/mol. The number of nitro benzene ring substituents is 2. The Morgan fingerprint density at radius 3 is 1.87 bits per heavy atom. The molecule has 8 heteroatoms. The molecule has 0 bridgehead atoms. The fourth-order valence-electron chi connectivity index (χ4n) is 2.01. The van der Waals surface area contributed by atoms with Crippen LogP contribution in [0.5, 0.6) is 0 Å². The number of aryl methyl sites for hydroxylation is 1. The zero-order valence-electron chi connectivity index (χ0n) is 12.4. The quantitative estimate of drug-likeness (QED) is 0.636. The summed E-state index contributed by atoms with van der Waals surface area (Å²) in [6.45, 7) is 1.90. The van der Waals surface area contributed by atoms with Crippen molar-refractivity contribution >= 4 is 23.0 Å². The minimum Gasteiger partial charge on any atom is -0.311 e. The van der Waals surface area contributed by atoms with Gasteiger partial charge in [-0.15, -0.1) is 0 Å². The topological polar surface area (TPSA) is 107 Å². The lowest BCUT2D eigenvalue weighted by Gasteiger charge is -2.17. The molecular weight excluding hydrogens is 302 g/mol. The van der Waals surface area contributed by atoms with Crippen molar-refractivity contribution in [1.82, 2.24) is 0 Å². The van der Waals surface area contributed by atoms with Gasteiger partial charge in [-0.05, 0) is 19.1 Å². The van der Waals surface area contributed by atoms with Crippen LogP contribution in [0.3, 0.4) is 0 Å². The van der Waals surface area contributed by atoms with Crippen LogP contribution >= 0.6 is 0 Å². The number of rotatable bonds is 4. The van der Waals surface area contributed by atoms with Crippen molar-refractivity contribution in [3.8, 4) is 0 Å². The van der Waals surface area contributed by atoms with Crippen LogP contribution in [-0.4, -0.2) is 22.8 Å². The van der Waals surface area contributed by atoms with Crippen LogP contribution in [0.2, 0.25) is 0 Å². The molecule has 0 radical (unpaired) electrons. The Balaban J connectivity index is 2.43. The largest absolute Gasteiger partial charge is 0.311 e. The van der Waals surface area contributed by atoms with Crippen molar-refractivity contribution in [1.29, 1.82) is 0 Å². The summed E-state index contributed by atoms with van der Waals surface area (Å²) in [6, 6.07) is 9.95. The van der Waals surface area contributed by atoms with Crippen molar-refractivity contribution in [3.63, 3.8) is 0 Å². The van der Waals surface area contributed by atoms with Crippen LogP contribution in [0.15, 0.2) is 42.5 Å². The van der Waals surface area contributed by atoms with Gasteiger partial charge in [-0.2, -0.15) is 0 Å². The summed E-state index contributed by atoms with van der Waals surface area (Å²) < 4.78 is 0. The van der Waals surface area contributed by atoms with E-state index < -0.39 is 27.1 Å². The molecule has 0 N–H and O–H groups in total. The second-order valence-corrected chi connectivity index (χ2v) is 4.95. The number of hydrogen-bond acceptors (Lipinski definition) is 5. The highest BCUT2D eigenvalue weighted by atomic mass is 16.6. The highest BCUT2D eigenvalue weighted by Gasteiger charge is 2.22. The van der Waals surface area contributed by atoms with E-state index in [4.69, 9.17) is 0 Å². The van der Waals surface area contributed by atoms with Crippen molar-refractivity contribution < 1.29 is 14.6 Å². The van der Waals surface area contributed by atoms with Gasteiger partial charge in [-0.25, -0.2) is 0 Å². The smallest absolute Gasteiger partial charge is 0.277 e. The number of non-ortho nitro benzene ring substituents is 2. The van der Waals surface area contributed by atoms with E-state index in [0.29, 0.717) is 5.69 Å². The molecule has 8 nitrogen and oxygen atoms in total. The number of anilines is 1. The first kappa shape index (κ1) is 16.1. The molecule has 0 saturated carbocycles. The first-order chi connectivity index (χ1) is 10.8. The predicted octanol–water partition coefficient (Wildman–Crippen LogP) is 3.09. The SMILES string of the molecule is Cc1ccc(N(C)C(=O)c2cc([N+](=O)[O-])cc([N+](=O)[O-])c2)cc1. The average Bonchev–Trinajstić information content (AvgIpc) is 2.53. The van der Waals surface area contributed by atoms with E-state index in [-0.39, 0.29) is 5.56 Å². The molecule has 0 spiro atoms. The molecule has 0 unspecified atom stereocenters. The number of nitrogens with zero attached hydrogens (tertiary/aromatic N) is 3. The summed E-state index contributed by atoms with van der Waals surface area (Å²) in [4.78, 5) is 34.0. The maximum atomic E-state index is 12.5. The van der Waals surface area contributed by atoms with Crippen molar-refractivity contribution in [2.75, 3.05) is 11.9 Å². The maximum absolute atomic E-state index is 12.5. The second-order valence-electron chi connectivity index (χ2n) is 4.95. The third-order valence-corrected chi connectivity index (χ3v) is 3.30. The number of carbonyl (C=O) groups is 1.